The molecule has 0 aliphatic rings. The van der Waals surface area contributed by atoms with Crippen LogP contribution in [0.25, 0.3) is 10.6 Å². The largest absolute Gasteiger partial charge is 0.476 e. The van der Waals surface area contributed by atoms with Crippen molar-refractivity contribution in [3.63, 3.8) is 0 Å². The van der Waals surface area contributed by atoms with Gasteiger partial charge >= 0.3 is 5.97 Å². The molecular formula is C7H6N4O2S. The first-order valence-corrected chi connectivity index (χ1v) is 4.50. The Hall–Kier alpha value is -1.89. The second-order valence-electron chi connectivity index (χ2n) is 2.53. The van der Waals surface area contributed by atoms with Gasteiger partial charge in [-0.25, -0.2) is 4.79 Å². The molecule has 14 heavy (non-hydrogen) atoms. The summed E-state index contributed by atoms with van der Waals surface area (Å²) in [7, 11) is 0. The minimum Gasteiger partial charge on any atom is -0.476 e. The van der Waals surface area contributed by atoms with Gasteiger partial charge in [0.15, 0.2) is 5.69 Å². The van der Waals surface area contributed by atoms with E-state index in [1.165, 1.54) is 11.3 Å². The highest BCUT2D eigenvalue weighted by atomic mass is 32.1. The minimum absolute atomic E-state index is 0.0909. The Morgan fingerprint density at radius 1 is 1.50 bits per heavy atom. The third-order valence-electron chi connectivity index (χ3n) is 1.61. The van der Waals surface area contributed by atoms with E-state index in [2.05, 4.69) is 15.4 Å². The van der Waals surface area contributed by atoms with E-state index in [0.29, 0.717) is 15.6 Å². The topological polar surface area (TPSA) is 105 Å². The third kappa shape index (κ3) is 1.33. The number of rotatable bonds is 2. The van der Waals surface area contributed by atoms with Crippen LogP contribution < -0.4 is 5.73 Å². The lowest BCUT2D eigenvalue weighted by Gasteiger charge is -1.90. The van der Waals surface area contributed by atoms with Crippen molar-refractivity contribution in [1.82, 2.24) is 15.4 Å². The van der Waals surface area contributed by atoms with Gasteiger partial charge in [0, 0.05) is 0 Å². The van der Waals surface area contributed by atoms with E-state index in [1.807, 2.05) is 0 Å². The Morgan fingerprint density at radius 2 is 2.29 bits per heavy atom. The van der Waals surface area contributed by atoms with Crippen LogP contribution in [0.2, 0.25) is 0 Å². The molecule has 0 bridgehead atoms. The zero-order valence-corrected chi connectivity index (χ0v) is 7.71. The van der Waals surface area contributed by atoms with E-state index < -0.39 is 5.97 Å². The lowest BCUT2D eigenvalue weighted by Crippen LogP contribution is -1.98. The smallest absolute Gasteiger partial charge is 0.358 e. The number of hydrogen-bond donors (Lipinski definition) is 3. The lowest BCUT2D eigenvalue weighted by atomic mass is 10.3. The summed E-state index contributed by atoms with van der Waals surface area (Å²) >= 11 is 1.27. The number of carbonyl (C=O) groups is 1. The van der Waals surface area contributed by atoms with Crippen LogP contribution >= 0.6 is 11.3 Å². The summed E-state index contributed by atoms with van der Waals surface area (Å²) < 4.78 is 0. The number of hydrogen-bond acceptors (Lipinski definition) is 5. The van der Waals surface area contributed by atoms with Gasteiger partial charge in [-0.3, -0.25) is 0 Å². The zero-order valence-electron chi connectivity index (χ0n) is 6.89. The molecular weight excluding hydrogens is 204 g/mol. The van der Waals surface area contributed by atoms with Gasteiger partial charge in [-0.2, -0.15) is 10.3 Å². The quantitative estimate of drug-likeness (QED) is 0.680. The summed E-state index contributed by atoms with van der Waals surface area (Å²) in [6.45, 7) is 0. The van der Waals surface area contributed by atoms with Crippen molar-refractivity contribution in [1.29, 1.82) is 0 Å². The Bertz CT molecular complexity index is 475. The molecule has 0 aliphatic heterocycles. The predicted molar refractivity (Wildman–Crippen MR) is 51.1 cm³/mol. The normalized spacial score (nSPS) is 10.3. The number of anilines is 1. The van der Waals surface area contributed by atoms with E-state index in [1.54, 1.807) is 12.1 Å². The number of aromatic amines is 1. The molecule has 0 spiro atoms. The Kier molecular flexibility index (Phi) is 1.93. The predicted octanol–water partition coefficient (Wildman–Crippen LogP) is 0.814. The number of carboxylic acid groups (broad SMARTS) is 1. The highest BCUT2D eigenvalue weighted by Crippen LogP contribution is 2.29. The number of aromatic carboxylic acids is 1. The number of nitrogen functional groups attached to an aromatic ring is 1. The summed E-state index contributed by atoms with van der Waals surface area (Å²) in [6, 6.07) is 3.41. The molecule has 0 aliphatic carbocycles. The number of thiophene rings is 1. The van der Waals surface area contributed by atoms with E-state index in [-0.39, 0.29) is 5.69 Å². The van der Waals surface area contributed by atoms with Crippen molar-refractivity contribution in [2.45, 2.75) is 0 Å². The molecule has 0 atom stereocenters. The number of nitrogens with zero attached hydrogens (tertiary/aromatic N) is 2. The van der Waals surface area contributed by atoms with Crippen LogP contribution in [0.15, 0.2) is 12.1 Å². The summed E-state index contributed by atoms with van der Waals surface area (Å²) in [5, 5.41) is 18.9. The molecule has 2 heterocycles. The minimum atomic E-state index is -1.11. The van der Waals surface area contributed by atoms with Crippen LogP contribution in [-0.2, 0) is 0 Å². The SMILES string of the molecule is Nc1ccc(-c2n[nH]nc2C(=O)O)s1. The van der Waals surface area contributed by atoms with E-state index >= 15 is 0 Å². The third-order valence-corrected chi connectivity index (χ3v) is 2.53. The van der Waals surface area contributed by atoms with Gasteiger partial charge in [-0.15, -0.1) is 16.4 Å². The average Bonchev–Trinajstić information content (AvgIpc) is 2.70. The van der Waals surface area contributed by atoms with Crippen LogP contribution in [-0.4, -0.2) is 26.5 Å². The van der Waals surface area contributed by atoms with Crippen LogP contribution in [0.1, 0.15) is 10.5 Å². The fraction of sp³-hybridized carbons (Fsp3) is 0. The van der Waals surface area contributed by atoms with Gasteiger partial charge in [0.2, 0.25) is 0 Å². The van der Waals surface area contributed by atoms with Crippen molar-refractivity contribution in [3.8, 4) is 10.6 Å². The zero-order chi connectivity index (χ0) is 10.1. The summed E-state index contributed by atoms with van der Waals surface area (Å²) in [5.41, 5.74) is 5.75. The average molecular weight is 210 g/mol. The first kappa shape index (κ1) is 8.70. The highest BCUT2D eigenvalue weighted by Gasteiger charge is 2.17. The van der Waals surface area contributed by atoms with Gasteiger partial charge < -0.3 is 10.8 Å². The van der Waals surface area contributed by atoms with E-state index in [0.717, 1.165) is 0 Å². The first-order valence-electron chi connectivity index (χ1n) is 3.68. The molecule has 0 aromatic carbocycles. The summed E-state index contributed by atoms with van der Waals surface area (Å²) in [4.78, 5) is 11.4. The Balaban J connectivity index is 2.51. The number of nitrogens with one attached hydrogen (secondary N) is 1. The molecule has 72 valence electrons. The molecule has 7 heteroatoms. The maximum atomic E-state index is 10.7. The second kappa shape index (κ2) is 3.11. The molecule has 2 aromatic heterocycles. The fourth-order valence-corrected chi connectivity index (χ4v) is 1.80. The molecule has 0 radical (unpaired) electrons. The van der Waals surface area contributed by atoms with Gasteiger partial charge in [0.25, 0.3) is 0 Å². The standard InChI is InChI=1S/C7H6N4O2S/c8-4-2-1-3(14-4)5-6(7(12)13)10-11-9-5/h1-2H,8H2,(H,12,13)(H,9,10,11). The molecule has 0 fully saturated rings. The maximum absolute atomic E-state index is 10.7. The lowest BCUT2D eigenvalue weighted by molar-refractivity contribution is 0.0691. The number of carboxylic acids is 1. The van der Waals surface area contributed by atoms with Crippen LogP contribution in [0, 0.1) is 0 Å². The molecule has 4 N–H and O–H groups in total. The summed E-state index contributed by atoms with van der Waals surface area (Å²) in [5.74, 6) is -1.11. The molecule has 6 nitrogen and oxygen atoms in total. The highest BCUT2D eigenvalue weighted by molar-refractivity contribution is 7.19. The van der Waals surface area contributed by atoms with Crippen molar-refractivity contribution < 1.29 is 9.90 Å². The molecule has 0 unspecified atom stereocenters. The molecule has 0 saturated heterocycles. The number of H-pyrrole nitrogens is 1. The summed E-state index contributed by atoms with van der Waals surface area (Å²) in [6.07, 6.45) is 0. The van der Waals surface area contributed by atoms with Crippen LogP contribution in [0.5, 0.6) is 0 Å². The Labute approximate surface area is 82.4 Å². The van der Waals surface area contributed by atoms with Crippen molar-refractivity contribution in [2.24, 2.45) is 0 Å². The number of nitrogens with two attached hydrogens (primary N) is 1. The van der Waals surface area contributed by atoms with E-state index in [9.17, 15) is 4.79 Å². The van der Waals surface area contributed by atoms with Crippen LogP contribution in [0.4, 0.5) is 5.00 Å². The van der Waals surface area contributed by atoms with Gasteiger partial charge in [0.05, 0.1) is 9.88 Å². The Morgan fingerprint density at radius 3 is 2.86 bits per heavy atom. The van der Waals surface area contributed by atoms with Crippen molar-refractivity contribution in [3.05, 3.63) is 17.8 Å². The monoisotopic (exact) mass is 210 g/mol. The van der Waals surface area contributed by atoms with Crippen LogP contribution in [0.3, 0.4) is 0 Å². The molecule has 0 saturated carbocycles. The molecule has 0 amide bonds. The van der Waals surface area contributed by atoms with Crippen molar-refractivity contribution in [2.75, 3.05) is 5.73 Å². The van der Waals surface area contributed by atoms with Gasteiger partial charge in [0.1, 0.15) is 5.69 Å². The molecule has 2 rings (SSSR count). The maximum Gasteiger partial charge on any atom is 0.358 e. The second-order valence-corrected chi connectivity index (χ2v) is 3.64. The van der Waals surface area contributed by atoms with E-state index in [4.69, 9.17) is 10.8 Å². The fourth-order valence-electron chi connectivity index (χ4n) is 1.03. The van der Waals surface area contributed by atoms with Gasteiger partial charge in [-0.1, -0.05) is 0 Å². The van der Waals surface area contributed by atoms with Gasteiger partial charge in [-0.05, 0) is 12.1 Å². The number of aromatic nitrogens is 3. The first-order chi connectivity index (χ1) is 6.68. The van der Waals surface area contributed by atoms with Crippen molar-refractivity contribution >= 4 is 22.3 Å². The molecule has 2 aromatic rings.